The van der Waals surface area contributed by atoms with E-state index >= 15 is 0 Å². The van der Waals surface area contributed by atoms with E-state index in [0.29, 0.717) is 29.3 Å². The first-order valence-electron chi connectivity index (χ1n) is 7.32. The van der Waals surface area contributed by atoms with Crippen molar-refractivity contribution >= 4 is 47.2 Å². The highest BCUT2D eigenvalue weighted by Crippen LogP contribution is 2.26. The minimum Gasteiger partial charge on any atom is -0.495 e. The Bertz CT molecular complexity index is 530. The number of aliphatic imine (C=N–C) groups is 1. The summed E-state index contributed by atoms with van der Waals surface area (Å²) in [6.45, 7) is 6.18. The van der Waals surface area contributed by atoms with Crippen molar-refractivity contribution in [1.29, 1.82) is 0 Å². The number of ether oxygens (including phenoxy) is 2. The van der Waals surface area contributed by atoms with Crippen LogP contribution in [0.1, 0.15) is 6.92 Å². The quantitative estimate of drug-likeness (QED) is 0.406. The highest BCUT2D eigenvalue weighted by atomic mass is 127. The van der Waals surface area contributed by atoms with E-state index in [1.807, 2.05) is 6.07 Å². The molecule has 2 rings (SSSR count). The van der Waals surface area contributed by atoms with Crippen LogP contribution in [-0.2, 0) is 4.74 Å². The lowest BCUT2D eigenvalue weighted by atomic mass is 10.2. The van der Waals surface area contributed by atoms with E-state index in [9.17, 15) is 0 Å². The number of benzene rings is 1. The molecule has 1 heterocycles. The molecule has 0 spiro atoms. The lowest BCUT2D eigenvalue weighted by molar-refractivity contribution is 0.00142. The molecule has 0 bridgehead atoms. The summed E-state index contributed by atoms with van der Waals surface area (Å²) in [5.41, 5.74) is 6.68. The number of hydrogen-bond acceptors (Lipinski definition) is 4. The normalized spacial score (nSPS) is 19.1. The number of hydrogen-bond donors (Lipinski definition) is 2. The maximum Gasteiger partial charge on any atom is 0.193 e. The lowest BCUT2D eigenvalue weighted by Crippen LogP contribution is -2.44. The van der Waals surface area contributed by atoms with Gasteiger partial charge in [0.2, 0.25) is 0 Å². The van der Waals surface area contributed by atoms with E-state index in [1.165, 1.54) is 0 Å². The molecule has 6 nitrogen and oxygen atoms in total. The Hall–Kier alpha value is -0.770. The van der Waals surface area contributed by atoms with Crippen LogP contribution < -0.4 is 15.8 Å². The van der Waals surface area contributed by atoms with Crippen LogP contribution in [0.5, 0.6) is 5.75 Å². The molecule has 8 heteroatoms. The second-order valence-corrected chi connectivity index (χ2v) is 5.61. The minimum atomic E-state index is 0. The summed E-state index contributed by atoms with van der Waals surface area (Å²) in [4.78, 5) is 6.70. The smallest absolute Gasteiger partial charge is 0.193 e. The average molecular weight is 455 g/mol. The van der Waals surface area contributed by atoms with Gasteiger partial charge in [-0.25, -0.2) is 0 Å². The van der Waals surface area contributed by atoms with Crippen LogP contribution in [0.2, 0.25) is 5.02 Å². The van der Waals surface area contributed by atoms with Crippen molar-refractivity contribution in [2.24, 2.45) is 10.7 Å². The Labute approximate surface area is 159 Å². The predicted molar refractivity (Wildman–Crippen MR) is 105 cm³/mol. The molecule has 1 aromatic rings. The number of morpholine rings is 1. The summed E-state index contributed by atoms with van der Waals surface area (Å²) in [6.07, 6.45) is 0. The molecule has 1 fully saturated rings. The maximum absolute atomic E-state index is 6.07. The molecule has 1 saturated heterocycles. The molecule has 130 valence electrons. The second kappa shape index (κ2) is 10.2. The number of nitrogens with two attached hydrogens (primary N) is 1. The van der Waals surface area contributed by atoms with Crippen molar-refractivity contribution in [3.8, 4) is 5.75 Å². The number of anilines is 1. The first-order chi connectivity index (χ1) is 10.6. The van der Waals surface area contributed by atoms with Gasteiger partial charge in [0.15, 0.2) is 5.96 Å². The number of guanidine groups is 1. The molecule has 1 aromatic carbocycles. The summed E-state index contributed by atoms with van der Waals surface area (Å²) < 4.78 is 10.5. The van der Waals surface area contributed by atoms with Gasteiger partial charge in [-0.15, -0.1) is 24.0 Å². The van der Waals surface area contributed by atoms with Gasteiger partial charge in [0, 0.05) is 24.8 Å². The molecule has 1 unspecified atom stereocenters. The van der Waals surface area contributed by atoms with Gasteiger partial charge in [-0.3, -0.25) is 9.89 Å². The Morgan fingerprint density at radius 1 is 1.57 bits per heavy atom. The van der Waals surface area contributed by atoms with Crippen LogP contribution in [0, 0.1) is 0 Å². The van der Waals surface area contributed by atoms with Crippen LogP contribution in [0.4, 0.5) is 5.69 Å². The topological polar surface area (TPSA) is 72.1 Å². The fourth-order valence-electron chi connectivity index (χ4n) is 2.32. The number of nitrogens with zero attached hydrogens (tertiary/aromatic N) is 2. The van der Waals surface area contributed by atoms with Crippen LogP contribution >= 0.6 is 35.6 Å². The molecule has 0 aromatic heterocycles. The van der Waals surface area contributed by atoms with Crippen LogP contribution in [0.15, 0.2) is 23.2 Å². The van der Waals surface area contributed by atoms with Crippen LogP contribution in [0.25, 0.3) is 0 Å². The Kier molecular flexibility index (Phi) is 8.96. The van der Waals surface area contributed by atoms with Gasteiger partial charge in [-0.1, -0.05) is 11.6 Å². The van der Waals surface area contributed by atoms with Crippen molar-refractivity contribution in [2.45, 2.75) is 13.0 Å². The minimum absolute atomic E-state index is 0. The van der Waals surface area contributed by atoms with Crippen molar-refractivity contribution < 1.29 is 9.47 Å². The summed E-state index contributed by atoms with van der Waals surface area (Å²) in [7, 11) is 1.58. The van der Waals surface area contributed by atoms with Crippen molar-refractivity contribution in [1.82, 2.24) is 4.90 Å². The van der Waals surface area contributed by atoms with Gasteiger partial charge in [-0.05, 0) is 25.1 Å². The van der Waals surface area contributed by atoms with E-state index in [1.54, 1.807) is 19.2 Å². The SMILES string of the molecule is COc1ccc(NC(N)=NCCN2CCOCC2C)cc1Cl.I. The van der Waals surface area contributed by atoms with Gasteiger partial charge in [-0.2, -0.15) is 0 Å². The third kappa shape index (κ3) is 6.33. The molecule has 1 atom stereocenters. The summed E-state index contributed by atoms with van der Waals surface area (Å²) >= 11 is 6.07. The molecule has 0 saturated carbocycles. The molecule has 3 N–H and O–H groups in total. The monoisotopic (exact) mass is 454 g/mol. The van der Waals surface area contributed by atoms with E-state index in [0.717, 1.165) is 32.0 Å². The van der Waals surface area contributed by atoms with Crippen LogP contribution in [-0.4, -0.2) is 56.9 Å². The first kappa shape index (κ1) is 20.3. The Morgan fingerprint density at radius 3 is 3.00 bits per heavy atom. The number of methoxy groups -OCH3 is 1. The summed E-state index contributed by atoms with van der Waals surface area (Å²) in [6, 6.07) is 5.82. The van der Waals surface area contributed by atoms with Gasteiger partial charge < -0.3 is 20.5 Å². The number of halogens is 2. The highest BCUT2D eigenvalue weighted by Gasteiger charge is 2.17. The van der Waals surface area contributed by atoms with E-state index in [2.05, 4.69) is 22.1 Å². The molecule has 0 amide bonds. The van der Waals surface area contributed by atoms with Crippen molar-refractivity contribution in [3.05, 3.63) is 23.2 Å². The molecular weight excluding hydrogens is 431 g/mol. The second-order valence-electron chi connectivity index (χ2n) is 5.20. The van der Waals surface area contributed by atoms with Crippen molar-refractivity contribution in [2.75, 3.05) is 45.3 Å². The third-order valence-corrected chi connectivity index (χ3v) is 3.89. The van der Waals surface area contributed by atoms with Gasteiger partial charge in [0.05, 0.1) is 31.9 Å². The zero-order valence-corrected chi connectivity index (χ0v) is 16.5. The van der Waals surface area contributed by atoms with Gasteiger partial charge in [0.25, 0.3) is 0 Å². The van der Waals surface area contributed by atoms with Crippen LogP contribution in [0.3, 0.4) is 0 Å². The molecule has 0 aliphatic carbocycles. The summed E-state index contributed by atoms with van der Waals surface area (Å²) in [5, 5.41) is 3.56. The van der Waals surface area contributed by atoms with E-state index < -0.39 is 0 Å². The van der Waals surface area contributed by atoms with Gasteiger partial charge in [0.1, 0.15) is 5.75 Å². The zero-order valence-electron chi connectivity index (χ0n) is 13.4. The van der Waals surface area contributed by atoms with Crippen molar-refractivity contribution in [3.63, 3.8) is 0 Å². The molecule has 0 radical (unpaired) electrons. The largest absolute Gasteiger partial charge is 0.495 e. The molecule has 23 heavy (non-hydrogen) atoms. The highest BCUT2D eigenvalue weighted by molar-refractivity contribution is 14.0. The molecule has 1 aliphatic heterocycles. The van der Waals surface area contributed by atoms with Gasteiger partial charge >= 0.3 is 0 Å². The predicted octanol–water partition coefficient (Wildman–Crippen LogP) is 2.41. The maximum atomic E-state index is 6.07. The fraction of sp³-hybridized carbons (Fsp3) is 0.533. The standard InChI is InChI=1S/C15H23ClN4O2.HI/c1-11-10-22-8-7-20(11)6-5-18-15(17)19-12-3-4-14(21-2)13(16)9-12;/h3-4,9,11H,5-8,10H2,1-2H3,(H3,17,18,19);1H. The summed E-state index contributed by atoms with van der Waals surface area (Å²) in [5.74, 6) is 1.01. The first-order valence-corrected chi connectivity index (χ1v) is 7.70. The zero-order chi connectivity index (χ0) is 15.9. The van der Waals surface area contributed by atoms with E-state index in [4.69, 9.17) is 26.8 Å². The fourth-order valence-corrected chi connectivity index (χ4v) is 2.58. The molecule has 1 aliphatic rings. The lowest BCUT2D eigenvalue weighted by Gasteiger charge is -2.32. The number of rotatable bonds is 5. The third-order valence-electron chi connectivity index (χ3n) is 3.60. The van der Waals surface area contributed by atoms with E-state index in [-0.39, 0.29) is 24.0 Å². The average Bonchev–Trinajstić information content (AvgIpc) is 2.49. The number of nitrogens with one attached hydrogen (secondary N) is 1. The molecular formula is C15H24ClIN4O2. The Morgan fingerprint density at radius 2 is 2.35 bits per heavy atom. The Balaban J connectivity index is 0.00000264.